The minimum absolute atomic E-state index is 0.318. The van der Waals surface area contributed by atoms with Gasteiger partial charge >= 0.3 is 5.97 Å². The minimum atomic E-state index is -0.318. The molecule has 5 nitrogen and oxygen atoms in total. The van der Waals surface area contributed by atoms with Crippen molar-refractivity contribution in [3.63, 3.8) is 0 Å². The van der Waals surface area contributed by atoms with Gasteiger partial charge in [0.1, 0.15) is 0 Å². The molecular weight excluding hydrogens is 254 g/mol. The first-order valence-corrected chi connectivity index (χ1v) is 7.16. The van der Waals surface area contributed by atoms with Gasteiger partial charge in [-0.1, -0.05) is 6.07 Å². The average Bonchev–Trinajstić information content (AvgIpc) is 2.93. The standard InChI is InChI=1S/C15H21N3O2/c1-20-15(19)12-5-2-6-13(16)14(12)18-9-8-17-7-3-4-11(17)10-18/h2,5-6,11H,3-4,7-10,16H2,1H3. The van der Waals surface area contributed by atoms with Crippen LogP contribution >= 0.6 is 0 Å². The lowest BCUT2D eigenvalue weighted by Gasteiger charge is -2.39. The van der Waals surface area contributed by atoms with Crippen LogP contribution in [-0.2, 0) is 4.74 Å². The number of rotatable bonds is 2. The SMILES string of the molecule is COC(=O)c1cccc(N)c1N1CCN2CCCC2C1. The van der Waals surface area contributed by atoms with Gasteiger partial charge in [-0.25, -0.2) is 4.79 Å². The molecule has 0 amide bonds. The first kappa shape index (κ1) is 13.2. The van der Waals surface area contributed by atoms with Crippen molar-refractivity contribution in [1.29, 1.82) is 0 Å². The number of esters is 1. The molecule has 2 aliphatic heterocycles. The zero-order chi connectivity index (χ0) is 14.1. The van der Waals surface area contributed by atoms with Crippen molar-refractivity contribution in [2.75, 3.05) is 43.9 Å². The summed E-state index contributed by atoms with van der Waals surface area (Å²) in [5, 5.41) is 0. The summed E-state index contributed by atoms with van der Waals surface area (Å²) in [6, 6.07) is 6.03. The maximum atomic E-state index is 11.9. The first-order valence-electron chi connectivity index (χ1n) is 7.16. The van der Waals surface area contributed by atoms with E-state index in [1.54, 1.807) is 12.1 Å². The van der Waals surface area contributed by atoms with E-state index in [-0.39, 0.29) is 5.97 Å². The summed E-state index contributed by atoms with van der Waals surface area (Å²) in [5.74, 6) is -0.318. The number of ether oxygens (including phenoxy) is 1. The molecule has 2 N–H and O–H groups in total. The van der Waals surface area contributed by atoms with Crippen molar-refractivity contribution in [2.45, 2.75) is 18.9 Å². The number of nitrogen functional groups attached to an aromatic ring is 1. The Morgan fingerprint density at radius 2 is 2.20 bits per heavy atom. The second-order valence-corrected chi connectivity index (χ2v) is 5.51. The lowest BCUT2D eigenvalue weighted by molar-refractivity contribution is 0.0601. The van der Waals surface area contributed by atoms with Gasteiger partial charge in [0.25, 0.3) is 0 Å². The Labute approximate surface area is 119 Å². The Morgan fingerprint density at radius 1 is 1.35 bits per heavy atom. The molecule has 0 aromatic heterocycles. The Kier molecular flexibility index (Phi) is 3.53. The topological polar surface area (TPSA) is 58.8 Å². The largest absolute Gasteiger partial charge is 0.465 e. The predicted octanol–water partition coefficient (Wildman–Crippen LogP) is 1.34. The van der Waals surface area contributed by atoms with Gasteiger partial charge in [-0.3, -0.25) is 4.90 Å². The van der Waals surface area contributed by atoms with Crippen LogP contribution in [0.5, 0.6) is 0 Å². The van der Waals surface area contributed by atoms with E-state index in [9.17, 15) is 4.79 Å². The van der Waals surface area contributed by atoms with Gasteiger partial charge in [0, 0.05) is 25.7 Å². The highest BCUT2D eigenvalue weighted by Crippen LogP contribution is 2.32. The monoisotopic (exact) mass is 275 g/mol. The van der Waals surface area contributed by atoms with Crippen molar-refractivity contribution in [3.05, 3.63) is 23.8 Å². The van der Waals surface area contributed by atoms with E-state index < -0.39 is 0 Å². The van der Waals surface area contributed by atoms with E-state index in [2.05, 4.69) is 9.80 Å². The highest BCUT2D eigenvalue weighted by atomic mass is 16.5. The second-order valence-electron chi connectivity index (χ2n) is 5.51. The van der Waals surface area contributed by atoms with Crippen LogP contribution in [0.15, 0.2) is 18.2 Å². The number of nitrogens with zero attached hydrogens (tertiary/aromatic N) is 2. The lowest BCUT2D eigenvalue weighted by atomic mass is 10.1. The summed E-state index contributed by atoms with van der Waals surface area (Å²) in [7, 11) is 1.41. The molecule has 2 fully saturated rings. The normalized spacial score (nSPS) is 22.6. The lowest BCUT2D eigenvalue weighted by Crippen LogP contribution is -2.50. The van der Waals surface area contributed by atoms with Gasteiger partial charge in [0.15, 0.2) is 0 Å². The fourth-order valence-corrected chi connectivity index (χ4v) is 3.38. The fourth-order valence-electron chi connectivity index (χ4n) is 3.38. The molecule has 2 aliphatic rings. The van der Waals surface area contributed by atoms with Crippen LogP contribution in [-0.4, -0.2) is 50.2 Å². The van der Waals surface area contributed by atoms with Crippen molar-refractivity contribution < 1.29 is 9.53 Å². The van der Waals surface area contributed by atoms with Crippen LogP contribution in [0.1, 0.15) is 23.2 Å². The summed E-state index contributed by atoms with van der Waals surface area (Å²) in [6.07, 6.45) is 2.50. The predicted molar refractivity (Wildman–Crippen MR) is 79.0 cm³/mol. The number of hydrogen-bond acceptors (Lipinski definition) is 5. The number of fused-ring (bicyclic) bond motifs is 1. The van der Waals surface area contributed by atoms with Gasteiger partial charge in [-0.2, -0.15) is 0 Å². The number of nitrogens with two attached hydrogens (primary N) is 1. The van der Waals surface area contributed by atoms with Crippen LogP contribution in [0.4, 0.5) is 11.4 Å². The zero-order valence-corrected chi connectivity index (χ0v) is 11.8. The zero-order valence-electron chi connectivity index (χ0n) is 11.8. The van der Waals surface area contributed by atoms with Crippen molar-refractivity contribution in [1.82, 2.24) is 4.90 Å². The smallest absolute Gasteiger partial charge is 0.340 e. The molecule has 0 radical (unpaired) electrons. The molecule has 20 heavy (non-hydrogen) atoms. The highest BCUT2D eigenvalue weighted by Gasteiger charge is 2.32. The number of benzene rings is 1. The molecule has 1 atom stereocenters. The number of carbonyl (C=O) groups is 1. The third-order valence-electron chi connectivity index (χ3n) is 4.38. The molecule has 0 aliphatic carbocycles. The number of piperazine rings is 1. The van der Waals surface area contributed by atoms with E-state index in [1.165, 1.54) is 26.5 Å². The van der Waals surface area contributed by atoms with E-state index in [0.717, 1.165) is 25.3 Å². The van der Waals surface area contributed by atoms with Crippen molar-refractivity contribution in [3.8, 4) is 0 Å². The maximum Gasteiger partial charge on any atom is 0.340 e. The molecule has 3 rings (SSSR count). The van der Waals surface area contributed by atoms with Gasteiger partial charge < -0.3 is 15.4 Å². The molecule has 0 bridgehead atoms. The summed E-state index contributed by atoms with van der Waals surface area (Å²) < 4.78 is 4.88. The van der Waals surface area contributed by atoms with Crippen LogP contribution in [0.2, 0.25) is 0 Å². The molecular formula is C15H21N3O2. The molecule has 108 valence electrons. The van der Waals surface area contributed by atoms with Gasteiger partial charge in [-0.15, -0.1) is 0 Å². The van der Waals surface area contributed by atoms with Crippen LogP contribution < -0.4 is 10.6 Å². The van der Waals surface area contributed by atoms with Crippen LogP contribution in [0.25, 0.3) is 0 Å². The highest BCUT2D eigenvalue weighted by molar-refractivity contribution is 5.99. The molecule has 1 unspecified atom stereocenters. The second kappa shape index (κ2) is 5.32. The quantitative estimate of drug-likeness (QED) is 0.652. The number of anilines is 2. The number of hydrogen-bond donors (Lipinski definition) is 1. The Balaban J connectivity index is 1.91. The Bertz CT molecular complexity index is 518. The van der Waals surface area contributed by atoms with Crippen molar-refractivity contribution in [2.24, 2.45) is 0 Å². The molecule has 5 heteroatoms. The van der Waals surface area contributed by atoms with E-state index in [4.69, 9.17) is 10.5 Å². The molecule has 1 aromatic carbocycles. The Hall–Kier alpha value is -1.75. The summed E-state index contributed by atoms with van der Waals surface area (Å²) >= 11 is 0. The summed E-state index contributed by atoms with van der Waals surface area (Å²) in [4.78, 5) is 16.7. The minimum Gasteiger partial charge on any atom is -0.465 e. The third kappa shape index (κ3) is 2.22. The number of methoxy groups -OCH3 is 1. The van der Waals surface area contributed by atoms with Gasteiger partial charge in [-0.05, 0) is 31.5 Å². The maximum absolute atomic E-state index is 11.9. The average molecular weight is 275 g/mol. The molecule has 2 saturated heterocycles. The summed E-state index contributed by atoms with van der Waals surface area (Å²) in [5.41, 5.74) is 8.18. The summed E-state index contributed by atoms with van der Waals surface area (Å²) in [6.45, 7) is 4.10. The van der Waals surface area contributed by atoms with Gasteiger partial charge in [0.05, 0.1) is 24.0 Å². The Morgan fingerprint density at radius 3 is 3.00 bits per heavy atom. The number of carbonyl (C=O) groups excluding carboxylic acids is 1. The molecule has 1 aromatic rings. The van der Waals surface area contributed by atoms with Crippen LogP contribution in [0, 0.1) is 0 Å². The fraction of sp³-hybridized carbons (Fsp3) is 0.533. The number of para-hydroxylation sites is 1. The third-order valence-corrected chi connectivity index (χ3v) is 4.38. The van der Waals surface area contributed by atoms with Crippen LogP contribution in [0.3, 0.4) is 0 Å². The van der Waals surface area contributed by atoms with Crippen molar-refractivity contribution >= 4 is 17.3 Å². The van der Waals surface area contributed by atoms with Gasteiger partial charge in [0.2, 0.25) is 0 Å². The molecule has 0 saturated carbocycles. The van der Waals surface area contributed by atoms with E-state index in [1.807, 2.05) is 6.07 Å². The van der Waals surface area contributed by atoms with E-state index >= 15 is 0 Å². The molecule has 0 spiro atoms. The molecule has 2 heterocycles. The first-order chi connectivity index (χ1) is 9.70. The van der Waals surface area contributed by atoms with E-state index in [0.29, 0.717) is 17.3 Å².